The average molecular weight is 528 g/mol. The molecule has 3 aliphatic carbocycles. The number of anilines is 1. The fourth-order valence-corrected chi connectivity index (χ4v) is 5.11. The van der Waals surface area contributed by atoms with Crippen molar-refractivity contribution in [2.75, 3.05) is 18.5 Å². The molecule has 2 saturated carbocycles. The molecule has 2 aromatic carbocycles. The van der Waals surface area contributed by atoms with Crippen LogP contribution in [0.5, 0.6) is 5.75 Å². The summed E-state index contributed by atoms with van der Waals surface area (Å²) in [4.78, 5) is 11.1. The maximum atomic E-state index is 11.1. The van der Waals surface area contributed by atoms with Crippen LogP contribution in [0.25, 0.3) is 0 Å². The van der Waals surface area contributed by atoms with E-state index in [1.165, 1.54) is 36.1 Å². The first kappa shape index (κ1) is 26.9. The fraction of sp³-hybridized carbons (Fsp3) is 0.424. The fourth-order valence-electron chi connectivity index (χ4n) is 5.11. The van der Waals surface area contributed by atoms with Gasteiger partial charge in [-0.05, 0) is 124 Å². The topological polar surface area (TPSA) is 82.6 Å². The standard InChI is InChI=1S/C33H41N3O3/c37-32(38)28-13-17-31(18-14-28)39-24-27(8-5-21-34-23-26-6-4-7-26)22-25-11-15-30(16-12-25)36-33(19-20-33)35-29-9-2-1-3-10-29/h2,9-18,23,27,34-36H,1,3-8,19-22,24H2,(H,37,38). The van der Waals surface area contributed by atoms with E-state index in [-0.39, 0.29) is 11.2 Å². The molecule has 0 aliphatic heterocycles. The summed E-state index contributed by atoms with van der Waals surface area (Å²) < 4.78 is 6.11. The second-order valence-corrected chi connectivity index (χ2v) is 11.1. The maximum Gasteiger partial charge on any atom is 0.335 e. The van der Waals surface area contributed by atoms with Gasteiger partial charge in [0.2, 0.25) is 0 Å². The van der Waals surface area contributed by atoms with Crippen molar-refractivity contribution >= 4 is 11.7 Å². The van der Waals surface area contributed by atoms with E-state index in [9.17, 15) is 4.79 Å². The lowest BCUT2D eigenvalue weighted by Crippen LogP contribution is -2.37. The van der Waals surface area contributed by atoms with Gasteiger partial charge in [-0.25, -0.2) is 4.79 Å². The molecule has 2 fully saturated rings. The first-order valence-corrected chi connectivity index (χ1v) is 14.5. The Morgan fingerprint density at radius 1 is 1.03 bits per heavy atom. The van der Waals surface area contributed by atoms with E-state index in [1.54, 1.807) is 24.3 Å². The Bertz CT molecular complexity index is 1190. The molecular formula is C33H41N3O3. The lowest BCUT2D eigenvalue weighted by Gasteiger charge is -2.24. The Labute approximate surface area is 232 Å². The predicted molar refractivity (Wildman–Crippen MR) is 157 cm³/mol. The molecule has 5 rings (SSSR count). The minimum atomic E-state index is -0.923. The first-order valence-electron chi connectivity index (χ1n) is 14.5. The molecule has 0 radical (unpaired) electrons. The van der Waals surface area contributed by atoms with Crippen molar-refractivity contribution in [2.24, 2.45) is 5.92 Å². The van der Waals surface area contributed by atoms with Gasteiger partial charge in [-0.15, -0.1) is 0 Å². The first-order chi connectivity index (χ1) is 19.1. The summed E-state index contributed by atoms with van der Waals surface area (Å²) in [5.41, 5.74) is 5.45. The molecule has 1 unspecified atom stereocenters. The summed E-state index contributed by atoms with van der Waals surface area (Å²) in [6.45, 7) is 1.57. The minimum Gasteiger partial charge on any atom is -0.493 e. The Hall–Kier alpha value is -3.67. The van der Waals surface area contributed by atoms with Crippen molar-refractivity contribution in [3.63, 3.8) is 0 Å². The van der Waals surface area contributed by atoms with Crippen LogP contribution in [0.3, 0.4) is 0 Å². The highest BCUT2D eigenvalue weighted by atomic mass is 16.5. The number of nitrogens with one attached hydrogen (secondary N) is 3. The third kappa shape index (κ3) is 8.16. The van der Waals surface area contributed by atoms with Gasteiger partial charge in [0.1, 0.15) is 11.4 Å². The van der Waals surface area contributed by atoms with E-state index in [2.05, 4.69) is 64.6 Å². The summed E-state index contributed by atoms with van der Waals surface area (Å²) in [5, 5.41) is 20.0. The van der Waals surface area contributed by atoms with Crippen molar-refractivity contribution in [3.05, 3.63) is 95.4 Å². The Morgan fingerprint density at radius 3 is 2.46 bits per heavy atom. The van der Waals surface area contributed by atoms with Crippen LogP contribution in [0, 0.1) is 5.92 Å². The number of rotatable bonds is 15. The monoisotopic (exact) mass is 527 g/mol. The van der Waals surface area contributed by atoms with Crippen LogP contribution in [0.2, 0.25) is 0 Å². The lowest BCUT2D eigenvalue weighted by atomic mass is 9.93. The van der Waals surface area contributed by atoms with Gasteiger partial charge in [0.05, 0.1) is 12.2 Å². The number of allylic oxidation sites excluding steroid dienone is 4. The molecule has 0 heterocycles. The van der Waals surface area contributed by atoms with E-state index >= 15 is 0 Å². The zero-order chi connectivity index (χ0) is 26.9. The van der Waals surface area contributed by atoms with E-state index in [0.717, 1.165) is 57.2 Å². The van der Waals surface area contributed by atoms with Gasteiger partial charge in [0.25, 0.3) is 0 Å². The van der Waals surface area contributed by atoms with Crippen LogP contribution in [0.15, 0.2) is 84.2 Å². The summed E-state index contributed by atoms with van der Waals surface area (Å²) in [5.74, 6) is 0.151. The highest BCUT2D eigenvalue weighted by molar-refractivity contribution is 5.87. The average Bonchev–Trinajstić information content (AvgIpc) is 3.68. The van der Waals surface area contributed by atoms with Crippen LogP contribution in [0.1, 0.15) is 73.7 Å². The maximum absolute atomic E-state index is 11.1. The molecule has 3 aliphatic rings. The van der Waals surface area contributed by atoms with Crippen LogP contribution in [-0.2, 0) is 6.42 Å². The van der Waals surface area contributed by atoms with E-state index in [4.69, 9.17) is 9.84 Å². The summed E-state index contributed by atoms with van der Waals surface area (Å²) >= 11 is 0. The zero-order valence-corrected chi connectivity index (χ0v) is 22.8. The number of carboxylic acids is 1. The van der Waals surface area contributed by atoms with E-state index in [1.807, 2.05) is 0 Å². The molecule has 2 aromatic rings. The third-order valence-electron chi connectivity index (χ3n) is 7.81. The Balaban J connectivity index is 1.15. The molecule has 206 valence electrons. The molecular weight excluding hydrogens is 486 g/mol. The number of carbonyl (C=O) groups is 1. The van der Waals surface area contributed by atoms with Crippen molar-refractivity contribution in [1.82, 2.24) is 10.6 Å². The van der Waals surface area contributed by atoms with Crippen molar-refractivity contribution < 1.29 is 14.6 Å². The summed E-state index contributed by atoms with van der Waals surface area (Å²) in [6.07, 6.45) is 20.3. The molecule has 0 aromatic heterocycles. The predicted octanol–water partition coefficient (Wildman–Crippen LogP) is 6.79. The van der Waals surface area contributed by atoms with Gasteiger partial charge in [-0.1, -0.05) is 29.9 Å². The molecule has 0 bridgehead atoms. The third-order valence-corrected chi connectivity index (χ3v) is 7.81. The lowest BCUT2D eigenvalue weighted by molar-refractivity contribution is 0.0697. The van der Waals surface area contributed by atoms with Crippen LogP contribution in [-0.4, -0.2) is 29.9 Å². The normalized spacial score (nSPS) is 17.8. The molecule has 0 spiro atoms. The summed E-state index contributed by atoms with van der Waals surface area (Å²) in [6, 6.07) is 15.5. The van der Waals surface area contributed by atoms with Gasteiger partial charge in [-0.3, -0.25) is 0 Å². The highest BCUT2D eigenvalue weighted by Gasteiger charge is 2.43. The van der Waals surface area contributed by atoms with Crippen LogP contribution < -0.4 is 20.7 Å². The molecule has 6 heteroatoms. The molecule has 0 saturated heterocycles. The minimum absolute atomic E-state index is 0.0244. The second kappa shape index (κ2) is 12.9. The number of benzene rings is 2. The van der Waals surface area contributed by atoms with E-state index < -0.39 is 5.97 Å². The largest absolute Gasteiger partial charge is 0.493 e. The van der Waals surface area contributed by atoms with Gasteiger partial charge in [-0.2, -0.15) is 0 Å². The Morgan fingerprint density at radius 2 is 1.82 bits per heavy atom. The molecule has 6 nitrogen and oxygen atoms in total. The Kier molecular flexibility index (Phi) is 8.92. The molecule has 4 N–H and O–H groups in total. The smallest absolute Gasteiger partial charge is 0.335 e. The van der Waals surface area contributed by atoms with Crippen molar-refractivity contribution in [2.45, 2.75) is 69.9 Å². The van der Waals surface area contributed by atoms with Gasteiger partial charge in [0, 0.05) is 17.9 Å². The van der Waals surface area contributed by atoms with Crippen molar-refractivity contribution in [1.29, 1.82) is 0 Å². The van der Waals surface area contributed by atoms with Gasteiger partial charge < -0.3 is 25.8 Å². The number of ether oxygens (including phenoxy) is 1. The molecule has 39 heavy (non-hydrogen) atoms. The van der Waals surface area contributed by atoms with Gasteiger partial charge in [0.15, 0.2) is 0 Å². The number of aromatic carboxylic acids is 1. The van der Waals surface area contributed by atoms with E-state index in [0.29, 0.717) is 18.3 Å². The molecule has 0 amide bonds. The SMILES string of the molecule is O=C(O)c1ccc(OCC(CCCNC=C2CCC2)Cc2ccc(NC3(NC4=CCCC=C4)CC3)cc2)cc1. The van der Waals surface area contributed by atoms with Crippen molar-refractivity contribution in [3.8, 4) is 5.75 Å². The number of hydrogen-bond donors (Lipinski definition) is 4. The zero-order valence-electron chi connectivity index (χ0n) is 22.8. The van der Waals surface area contributed by atoms with Gasteiger partial charge >= 0.3 is 5.97 Å². The second-order valence-electron chi connectivity index (χ2n) is 11.1. The number of hydrogen-bond acceptors (Lipinski definition) is 5. The number of carboxylic acid groups (broad SMARTS) is 1. The quantitative estimate of drug-likeness (QED) is 0.151. The highest BCUT2D eigenvalue weighted by Crippen LogP contribution is 2.37. The molecule has 1 atom stereocenters. The van der Waals surface area contributed by atoms with Crippen LogP contribution >= 0.6 is 0 Å². The summed E-state index contributed by atoms with van der Waals surface area (Å²) in [7, 11) is 0. The van der Waals surface area contributed by atoms with Crippen LogP contribution in [0.4, 0.5) is 5.69 Å².